The second-order valence-electron chi connectivity index (χ2n) is 4.34. The van der Waals surface area contributed by atoms with Crippen LogP contribution < -0.4 is 5.32 Å². The second kappa shape index (κ2) is 4.63. The number of hydrogen-bond donors (Lipinski definition) is 1. The summed E-state index contributed by atoms with van der Waals surface area (Å²) in [5, 5.41) is 3.45. The Hall–Kier alpha value is -1.52. The van der Waals surface area contributed by atoms with Crippen LogP contribution in [0.5, 0.6) is 0 Å². The summed E-state index contributed by atoms with van der Waals surface area (Å²) in [4.78, 5) is 14.0. The number of nitrogens with one attached hydrogen (secondary N) is 1. The Labute approximate surface area is 110 Å². The number of carbonyl (C=O) groups excluding carboxylic acids is 1. The van der Waals surface area contributed by atoms with E-state index in [1.165, 1.54) is 0 Å². The molecule has 0 saturated carbocycles. The lowest BCUT2D eigenvalue weighted by Gasteiger charge is -2.25. The molecular formula is C13H13ClN2O2. The lowest BCUT2D eigenvalue weighted by molar-refractivity contribution is -0.110. The number of anilines is 1. The maximum atomic E-state index is 11.9. The lowest BCUT2D eigenvalue weighted by Crippen LogP contribution is -2.32. The van der Waals surface area contributed by atoms with E-state index >= 15 is 0 Å². The highest BCUT2D eigenvalue weighted by Gasteiger charge is 2.25. The fourth-order valence-corrected chi connectivity index (χ4v) is 2.36. The van der Waals surface area contributed by atoms with Gasteiger partial charge in [0.25, 0.3) is 5.91 Å². The number of nitrogens with zero attached hydrogens (tertiary/aromatic N) is 1. The zero-order valence-corrected chi connectivity index (χ0v) is 10.5. The van der Waals surface area contributed by atoms with Crippen molar-refractivity contribution in [2.45, 2.75) is 0 Å². The first-order valence-electron chi connectivity index (χ1n) is 5.89. The molecule has 0 aliphatic carbocycles. The Balaban J connectivity index is 1.93. The van der Waals surface area contributed by atoms with Crippen molar-refractivity contribution in [2.75, 3.05) is 31.6 Å². The summed E-state index contributed by atoms with van der Waals surface area (Å²) < 4.78 is 5.29. The van der Waals surface area contributed by atoms with E-state index in [-0.39, 0.29) is 5.91 Å². The minimum Gasteiger partial charge on any atom is -0.378 e. The van der Waals surface area contributed by atoms with Crippen LogP contribution in [0.2, 0.25) is 5.02 Å². The number of morpholine rings is 1. The van der Waals surface area contributed by atoms with Crippen molar-refractivity contribution in [3.05, 3.63) is 35.0 Å². The first-order chi connectivity index (χ1) is 8.74. The zero-order chi connectivity index (χ0) is 12.5. The summed E-state index contributed by atoms with van der Waals surface area (Å²) in [6.07, 6.45) is 1.91. The molecule has 1 aromatic rings. The van der Waals surface area contributed by atoms with Crippen molar-refractivity contribution in [1.82, 2.24) is 4.90 Å². The van der Waals surface area contributed by atoms with Crippen LogP contribution >= 0.6 is 11.6 Å². The molecule has 0 bridgehead atoms. The van der Waals surface area contributed by atoms with Gasteiger partial charge in [0.05, 0.1) is 24.5 Å². The van der Waals surface area contributed by atoms with Crippen LogP contribution in [0.4, 0.5) is 5.69 Å². The van der Waals surface area contributed by atoms with Gasteiger partial charge >= 0.3 is 0 Å². The third kappa shape index (κ3) is 2.09. The summed E-state index contributed by atoms with van der Waals surface area (Å²) in [5.74, 6) is -0.0706. The Morgan fingerprint density at radius 2 is 2.11 bits per heavy atom. The van der Waals surface area contributed by atoms with E-state index in [1.54, 1.807) is 12.1 Å². The van der Waals surface area contributed by atoms with Crippen LogP contribution in [0.1, 0.15) is 5.56 Å². The first kappa shape index (κ1) is 11.6. The fraction of sp³-hybridized carbons (Fsp3) is 0.308. The SMILES string of the molecule is O=C1Nc2cc(Cl)ccc2/C1=C\N1CCOCC1. The van der Waals surface area contributed by atoms with Crippen LogP contribution in [-0.2, 0) is 9.53 Å². The van der Waals surface area contributed by atoms with Crippen molar-refractivity contribution in [3.63, 3.8) is 0 Å². The van der Waals surface area contributed by atoms with Gasteiger partial charge in [-0.05, 0) is 12.1 Å². The molecule has 5 heteroatoms. The van der Waals surface area contributed by atoms with E-state index in [4.69, 9.17) is 16.3 Å². The maximum Gasteiger partial charge on any atom is 0.257 e. The lowest BCUT2D eigenvalue weighted by atomic mass is 10.1. The number of amides is 1. The second-order valence-corrected chi connectivity index (χ2v) is 4.77. The van der Waals surface area contributed by atoms with Gasteiger partial charge < -0.3 is 15.0 Å². The van der Waals surface area contributed by atoms with Crippen molar-refractivity contribution in [2.24, 2.45) is 0 Å². The van der Waals surface area contributed by atoms with E-state index < -0.39 is 0 Å². The zero-order valence-electron chi connectivity index (χ0n) is 9.78. The average Bonchev–Trinajstić information content (AvgIpc) is 2.66. The van der Waals surface area contributed by atoms with Gasteiger partial charge in [-0.25, -0.2) is 0 Å². The van der Waals surface area contributed by atoms with Crippen LogP contribution in [0.25, 0.3) is 5.57 Å². The third-order valence-corrected chi connectivity index (χ3v) is 3.36. The molecule has 18 heavy (non-hydrogen) atoms. The number of rotatable bonds is 1. The summed E-state index contributed by atoms with van der Waals surface area (Å²) in [7, 11) is 0. The van der Waals surface area contributed by atoms with E-state index in [9.17, 15) is 4.79 Å². The number of hydrogen-bond acceptors (Lipinski definition) is 3. The van der Waals surface area contributed by atoms with Gasteiger partial charge in [0, 0.05) is 29.9 Å². The van der Waals surface area contributed by atoms with Gasteiger partial charge in [0.1, 0.15) is 0 Å². The van der Waals surface area contributed by atoms with Gasteiger partial charge in [-0.1, -0.05) is 17.7 Å². The predicted molar refractivity (Wildman–Crippen MR) is 70.5 cm³/mol. The van der Waals surface area contributed by atoms with E-state index in [0.29, 0.717) is 23.8 Å². The van der Waals surface area contributed by atoms with Gasteiger partial charge in [-0.3, -0.25) is 4.79 Å². The molecule has 4 nitrogen and oxygen atoms in total. The van der Waals surface area contributed by atoms with Gasteiger partial charge in [-0.2, -0.15) is 0 Å². The fourth-order valence-electron chi connectivity index (χ4n) is 2.18. The topological polar surface area (TPSA) is 41.6 Å². The molecular weight excluding hydrogens is 252 g/mol. The van der Waals surface area contributed by atoms with Crippen molar-refractivity contribution < 1.29 is 9.53 Å². The number of benzene rings is 1. The number of ether oxygens (including phenoxy) is 1. The molecule has 3 rings (SSSR count). The summed E-state index contributed by atoms with van der Waals surface area (Å²) in [5.41, 5.74) is 2.39. The van der Waals surface area contributed by atoms with Crippen LogP contribution in [0.15, 0.2) is 24.4 Å². The highest BCUT2D eigenvalue weighted by Crippen LogP contribution is 2.33. The molecule has 0 aromatic heterocycles. The Bertz CT molecular complexity index is 522. The van der Waals surface area contributed by atoms with Crippen LogP contribution in [0, 0.1) is 0 Å². The minimum absolute atomic E-state index is 0.0706. The smallest absolute Gasteiger partial charge is 0.257 e. The van der Waals surface area contributed by atoms with E-state index in [0.717, 1.165) is 24.3 Å². The molecule has 0 atom stereocenters. The first-order valence-corrected chi connectivity index (χ1v) is 6.27. The molecule has 1 aromatic carbocycles. The highest BCUT2D eigenvalue weighted by atomic mass is 35.5. The standard InChI is InChI=1S/C13H13ClN2O2/c14-9-1-2-10-11(13(17)15-12(10)7-9)8-16-3-5-18-6-4-16/h1-2,7-8H,3-6H2,(H,15,17)/b11-8+. The molecule has 2 aliphatic rings. The molecule has 0 unspecified atom stereocenters. The molecule has 2 aliphatic heterocycles. The number of fused-ring (bicyclic) bond motifs is 1. The maximum absolute atomic E-state index is 11.9. The molecule has 94 valence electrons. The molecule has 1 N–H and O–H groups in total. The van der Waals surface area contributed by atoms with Crippen LogP contribution in [-0.4, -0.2) is 37.1 Å². The van der Waals surface area contributed by atoms with Crippen LogP contribution in [0.3, 0.4) is 0 Å². The summed E-state index contributed by atoms with van der Waals surface area (Å²) in [6, 6.07) is 5.45. The number of halogens is 1. The Kier molecular flexibility index (Phi) is 2.97. The minimum atomic E-state index is -0.0706. The van der Waals surface area contributed by atoms with Gasteiger partial charge in [0.15, 0.2) is 0 Å². The van der Waals surface area contributed by atoms with E-state index in [2.05, 4.69) is 10.2 Å². The highest BCUT2D eigenvalue weighted by molar-refractivity contribution is 6.34. The summed E-state index contributed by atoms with van der Waals surface area (Å²) >= 11 is 5.91. The van der Waals surface area contributed by atoms with Crippen molar-refractivity contribution >= 4 is 28.8 Å². The van der Waals surface area contributed by atoms with Crippen molar-refractivity contribution in [1.29, 1.82) is 0 Å². The molecule has 2 heterocycles. The average molecular weight is 265 g/mol. The molecule has 1 amide bonds. The molecule has 1 fully saturated rings. The molecule has 0 radical (unpaired) electrons. The Morgan fingerprint density at radius 3 is 2.89 bits per heavy atom. The normalized spacial score (nSPS) is 21.1. The van der Waals surface area contributed by atoms with Gasteiger partial charge in [0.2, 0.25) is 0 Å². The predicted octanol–water partition coefficient (Wildman–Crippen LogP) is 1.97. The molecule has 0 spiro atoms. The monoisotopic (exact) mass is 264 g/mol. The Morgan fingerprint density at radius 1 is 1.33 bits per heavy atom. The third-order valence-electron chi connectivity index (χ3n) is 3.12. The van der Waals surface area contributed by atoms with Gasteiger partial charge in [-0.15, -0.1) is 0 Å². The quantitative estimate of drug-likeness (QED) is 0.789. The van der Waals surface area contributed by atoms with Crippen molar-refractivity contribution in [3.8, 4) is 0 Å². The molecule has 1 saturated heterocycles. The number of carbonyl (C=O) groups is 1. The largest absolute Gasteiger partial charge is 0.378 e. The summed E-state index contributed by atoms with van der Waals surface area (Å²) in [6.45, 7) is 3.05. The van der Waals surface area contributed by atoms with E-state index in [1.807, 2.05) is 12.3 Å².